The van der Waals surface area contributed by atoms with Crippen LogP contribution in [-0.4, -0.2) is 30.8 Å². The van der Waals surface area contributed by atoms with Crippen molar-refractivity contribution in [1.82, 2.24) is 5.43 Å². The topological polar surface area (TPSA) is 128 Å². The number of halogens is 1. The summed E-state index contributed by atoms with van der Waals surface area (Å²) < 4.78 is 27.2. The maximum Gasteiger partial charge on any atom is 0.271 e. The molecule has 3 aromatic rings. The second-order valence-electron chi connectivity index (χ2n) is 6.08. The van der Waals surface area contributed by atoms with Crippen molar-refractivity contribution in [3.8, 4) is 11.5 Å². The van der Waals surface area contributed by atoms with E-state index >= 15 is 0 Å². The van der Waals surface area contributed by atoms with Gasteiger partial charge in [0.2, 0.25) is 0 Å². The molecule has 0 heterocycles. The molecule has 0 unspecified atom stereocenters. The van der Waals surface area contributed by atoms with Crippen molar-refractivity contribution in [2.75, 3.05) is 4.72 Å². The summed E-state index contributed by atoms with van der Waals surface area (Å²) in [6, 6.07) is 15.4. The molecule has 0 aliphatic rings. The van der Waals surface area contributed by atoms with Gasteiger partial charge in [-0.15, -0.1) is 0 Å². The standard InChI is InChI=1S/C20H16ClN3O5S/c21-15-4-9-18(10-5-15)30(28,29)24-16-6-1-13(2-7-16)20(27)23-22-12-14-3-8-17(25)11-19(14)26/h1-12,24-26H,(H,23,27)/b22-12+. The van der Waals surface area contributed by atoms with Crippen LogP contribution in [0.4, 0.5) is 5.69 Å². The first-order valence-electron chi connectivity index (χ1n) is 8.48. The fourth-order valence-corrected chi connectivity index (χ4v) is 3.57. The van der Waals surface area contributed by atoms with Crippen LogP contribution in [0.3, 0.4) is 0 Å². The van der Waals surface area contributed by atoms with Crippen LogP contribution in [-0.2, 0) is 10.0 Å². The van der Waals surface area contributed by atoms with Crippen LogP contribution >= 0.6 is 11.6 Å². The minimum Gasteiger partial charge on any atom is -0.508 e. The minimum atomic E-state index is -3.79. The molecule has 8 nitrogen and oxygen atoms in total. The Morgan fingerprint density at radius 2 is 1.63 bits per heavy atom. The fourth-order valence-electron chi connectivity index (χ4n) is 2.38. The van der Waals surface area contributed by atoms with Crippen LogP contribution in [0.5, 0.6) is 11.5 Å². The first kappa shape index (κ1) is 21.2. The average molecular weight is 446 g/mol. The monoisotopic (exact) mass is 445 g/mol. The number of aromatic hydroxyl groups is 2. The fraction of sp³-hybridized carbons (Fsp3) is 0. The third-order valence-corrected chi connectivity index (χ3v) is 5.56. The molecule has 1 amide bonds. The number of carbonyl (C=O) groups excluding carboxylic acids is 1. The van der Waals surface area contributed by atoms with E-state index in [0.717, 1.165) is 6.07 Å². The molecule has 0 atom stereocenters. The third kappa shape index (κ3) is 5.28. The Morgan fingerprint density at radius 3 is 2.27 bits per heavy atom. The average Bonchev–Trinajstić information content (AvgIpc) is 2.70. The molecule has 0 aromatic heterocycles. The van der Waals surface area contributed by atoms with E-state index in [1.807, 2.05) is 0 Å². The lowest BCUT2D eigenvalue weighted by Crippen LogP contribution is -2.18. The molecular formula is C20H16ClN3O5S. The molecule has 30 heavy (non-hydrogen) atoms. The number of anilines is 1. The predicted octanol–water partition coefficient (Wildman–Crippen LogP) is 3.32. The molecule has 10 heteroatoms. The molecule has 3 rings (SSSR count). The highest BCUT2D eigenvalue weighted by molar-refractivity contribution is 7.92. The van der Waals surface area contributed by atoms with Crippen molar-refractivity contribution in [3.05, 3.63) is 82.9 Å². The van der Waals surface area contributed by atoms with Crippen molar-refractivity contribution in [2.45, 2.75) is 4.90 Å². The van der Waals surface area contributed by atoms with Gasteiger partial charge < -0.3 is 10.2 Å². The summed E-state index contributed by atoms with van der Waals surface area (Å²) >= 11 is 5.77. The zero-order chi connectivity index (χ0) is 21.7. The molecule has 0 aliphatic carbocycles. The number of amides is 1. The Balaban J connectivity index is 1.64. The van der Waals surface area contributed by atoms with Crippen molar-refractivity contribution >= 4 is 39.4 Å². The lowest BCUT2D eigenvalue weighted by molar-refractivity contribution is 0.0955. The quantitative estimate of drug-likeness (QED) is 0.342. The summed E-state index contributed by atoms with van der Waals surface area (Å²) in [5.74, 6) is -0.817. The molecule has 0 radical (unpaired) electrons. The highest BCUT2D eigenvalue weighted by Gasteiger charge is 2.14. The molecule has 0 saturated heterocycles. The third-order valence-electron chi connectivity index (χ3n) is 3.91. The number of nitrogens with zero attached hydrogens (tertiary/aromatic N) is 1. The van der Waals surface area contributed by atoms with E-state index < -0.39 is 15.9 Å². The number of hydrogen-bond acceptors (Lipinski definition) is 6. The first-order chi connectivity index (χ1) is 14.2. The second-order valence-corrected chi connectivity index (χ2v) is 8.20. The minimum absolute atomic E-state index is 0.0561. The lowest BCUT2D eigenvalue weighted by atomic mass is 10.2. The van der Waals surface area contributed by atoms with Crippen LogP contribution in [0.2, 0.25) is 5.02 Å². The molecule has 0 aliphatic heterocycles. The van der Waals surface area contributed by atoms with Gasteiger partial charge in [-0.3, -0.25) is 9.52 Å². The highest BCUT2D eigenvalue weighted by atomic mass is 35.5. The summed E-state index contributed by atoms with van der Waals surface area (Å²) in [6.07, 6.45) is 1.22. The van der Waals surface area contributed by atoms with E-state index in [0.29, 0.717) is 10.6 Å². The van der Waals surface area contributed by atoms with Crippen LogP contribution in [0.25, 0.3) is 0 Å². The van der Waals surface area contributed by atoms with Gasteiger partial charge in [-0.2, -0.15) is 5.10 Å². The zero-order valence-electron chi connectivity index (χ0n) is 15.3. The first-order valence-corrected chi connectivity index (χ1v) is 10.3. The van der Waals surface area contributed by atoms with Crippen molar-refractivity contribution in [2.24, 2.45) is 5.10 Å². The van der Waals surface area contributed by atoms with Crippen LogP contribution in [0.1, 0.15) is 15.9 Å². The summed E-state index contributed by atoms with van der Waals surface area (Å²) in [5.41, 5.74) is 3.12. The summed E-state index contributed by atoms with van der Waals surface area (Å²) in [4.78, 5) is 12.2. The van der Waals surface area contributed by atoms with E-state index in [-0.39, 0.29) is 27.6 Å². The number of hydrazone groups is 1. The number of phenols is 2. The Morgan fingerprint density at radius 1 is 0.967 bits per heavy atom. The van der Waals surface area contributed by atoms with Crippen molar-refractivity contribution < 1.29 is 23.4 Å². The molecule has 0 bridgehead atoms. The number of rotatable bonds is 6. The number of phenolic OH excluding ortho intramolecular Hbond substituents is 2. The second kappa shape index (κ2) is 8.85. The maximum atomic E-state index is 12.4. The van der Waals surface area contributed by atoms with E-state index in [9.17, 15) is 23.4 Å². The number of carbonyl (C=O) groups is 1. The smallest absolute Gasteiger partial charge is 0.271 e. The van der Waals surface area contributed by atoms with Gasteiger partial charge in [0, 0.05) is 27.9 Å². The van der Waals surface area contributed by atoms with Gasteiger partial charge in [0.15, 0.2) is 0 Å². The Bertz CT molecular complexity index is 1190. The van der Waals surface area contributed by atoms with Crippen LogP contribution in [0, 0.1) is 0 Å². The van der Waals surface area contributed by atoms with Crippen LogP contribution < -0.4 is 10.1 Å². The van der Waals surface area contributed by atoms with E-state index in [1.54, 1.807) is 0 Å². The van der Waals surface area contributed by atoms with Crippen molar-refractivity contribution in [1.29, 1.82) is 0 Å². The van der Waals surface area contributed by atoms with Crippen molar-refractivity contribution in [3.63, 3.8) is 0 Å². The Hall–Kier alpha value is -3.56. The van der Waals surface area contributed by atoms with Gasteiger partial charge in [0.25, 0.3) is 15.9 Å². The Labute approximate surface area is 177 Å². The molecule has 154 valence electrons. The lowest BCUT2D eigenvalue weighted by Gasteiger charge is -2.09. The largest absolute Gasteiger partial charge is 0.508 e. The molecule has 0 saturated carbocycles. The summed E-state index contributed by atoms with van der Waals surface area (Å²) in [7, 11) is -3.79. The van der Waals surface area contributed by atoms with Gasteiger partial charge >= 0.3 is 0 Å². The normalized spacial score (nSPS) is 11.4. The van der Waals surface area contributed by atoms with Gasteiger partial charge in [-0.1, -0.05) is 11.6 Å². The SMILES string of the molecule is O=C(N/N=C/c1ccc(O)cc1O)c1ccc(NS(=O)(=O)c2ccc(Cl)cc2)cc1. The highest BCUT2D eigenvalue weighted by Crippen LogP contribution is 2.21. The molecule has 0 fully saturated rings. The Kier molecular flexibility index (Phi) is 6.24. The summed E-state index contributed by atoms with van der Waals surface area (Å²) in [5, 5.41) is 23.1. The predicted molar refractivity (Wildman–Crippen MR) is 114 cm³/mol. The van der Waals surface area contributed by atoms with Gasteiger partial charge in [-0.05, 0) is 60.7 Å². The molecule has 4 N–H and O–H groups in total. The molecule has 0 spiro atoms. The van der Waals surface area contributed by atoms with Gasteiger partial charge in [0.05, 0.1) is 11.1 Å². The number of benzene rings is 3. The molecular weight excluding hydrogens is 430 g/mol. The van der Waals surface area contributed by atoms with Crippen LogP contribution in [0.15, 0.2) is 76.7 Å². The summed E-state index contributed by atoms with van der Waals surface area (Å²) in [6.45, 7) is 0. The van der Waals surface area contributed by atoms with E-state index in [1.165, 1.54) is 66.9 Å². The zero-order valence-corrected chi connectivity index (χ0v) is 16.9. The van der Waals surface area contributed by atoms with Gasteiger partial charge in [-0.25, -0.2) is 13.8 Å². The molecule has 3 aromatic carbocycles. The van der Waals surface area contributed by atoms with E-state index in [2.05, 4.69) is 15.2 Å². The van der Waals surface area contributed by atoms with E-state index in [4.69, 9.17) is 11.6 Å². The number of nitrogens with one attached hydrogen (secondary N) is 2. The maximum absolute atomic E-state index is 12.4. The number of sulfonamides is 1. The number of hydrogen-bond donors (Lipinski definition) is 4. The van der Waals surface area contributed by atoms with Gasteiger partial charge in [0.1, 0.15) is 11.5 Å².